The number of aliphatic hydroxyl groups excluding tert-OH is 1. The standard InChI is InChI=1S/C14H25N3O3/c1-9(18)10-7-6-8-17(10)12(19)11(14(2,3)4)16-13(20)15-5/h10-11,18H,1,6-8H2,2-5H3,(H2,15,16,20)/t10-,11+/m0/s1. The SMILES string of the molecule is C=C(O)[C@@H]1CCCN1C(=O)[C@@H](NC(=O)NC)C(C)(C)C. The topological polar surface area (TPSA) is 81.7 Å². The van der Waals surface area contributed by atoms with Gasteiger partial charge >= 0.3 is 6.03 Å². The molecular formula is C14H25N3O3. The second-order valence-electron chi connectivity index (χ2n) is 6.20. The van der Waals surface area contributed by atoms with Gasteiger partial charge in [-0.15, -0.1) is 0 Å². The highest BCUT2D eigenvalue weighted by atomic mass is 16.3. The van der Waals surface area contributed by atoms with Gasteiger partial charge in [0.15, 0.2) is 0 Å². The van der Waals surface area contributed by atoms with Crippen LogP contribution < -0.4 is 10.6 Å². The number of hydrogen-bond acceptors (Lipinski definition) is 3. The number of nitrogens with zero attached hydrogens (tertiary/aromatic N) is 1. The summed E-state index contributed by atoms with van der Waals surface area (Å²) >= 11 is 0. The van der Waals surface area contributed by atoms with Gasteiger partial charge in [0.2, 0.25) is 5.91 Å². The van der Waals surface area contributed by atoms with Crippen molar-refractivity contribution in [3.63, 3.8) is 0 Å². The van der Waals surface area contributed by atoms with Gasteiger partial charge in [0, 0.05) is 13.6 Å². The molecule has 1 saturated heterocycles. The first-order valence-electron chi connectivity index (χ1n) is 6.85. The van der Waals surface area contributed by atoms with Gasteiger partial charge in [-0.25, -0.2) is 4.79 Å². The first-order valence-corrected chi connectivity index (χ1v) is 6.85. The monoisotopic (exact) mass is 283 g/mol. The Morgan fingerprint density at radius 3 is 2.45 bits per heavy atom. The predicted octanol–water partition coefficient (Wildman–Crippen LogP) is 1.39. The molecule has 6 heteroatoms. The zero-order valence-corrected chi connectivity index (χ0v) is 12.7. The maximum Gasteiger partial charge on any atom is 0.315 e. The Labute approximate surface area is 120 Å². The van der Waals surface area contributed by atoms with Crippen molar-refractivity contribution in [1.29, 1.82) is 0 Å². The van der Waals surface area contributed by atoms with E-state index >= 15 is 0 Å². The van der Waals surface area contributed by atoms with Crippen molar-refractivity contribution in [1.82, 2.24) is 15.5 Å². The van der Waals surface area contributed by atoms with Gasteiger partial charge in [0.1, 0.15) is 11.8 Å². The summed E-state index contributed by atoms with van der Waals surface area (Å²) in [6, 6.07) is -1.39. The second-order valence-corrected chi connectivity index (χ2v) is 6.20. The van der Waals surface area contributed by atoms with Gasteiger partial charge in [-0.05, 0) is 18.3 Å². The molecule has 1 rings (SSSR count). The van der Waals surface area contributed by atoms with E-state index in [4.69, 9.17) is 0 Å². The summed E-state index contributed by atoms with van der Waals surface area (Å²) in [5.74, 6) is -0.178. The summed E-state index contributed by atoms with van der Waals surface area (Å²) in [6.07, 6.45) is 1.53. The van der Waals surface area contributed by atoms with E-state index in [0.29, 0.717) is 13.0 Å². The molecule has 0 aromatic carbocycles. The third kappa shape index (κ3) is 3.65. The van der Waals surface area contributed by atoms with Crippen LogP contribution in [-0.2, 0) is 4.79 Å². The lowest BCUT2D eigenvalue weighted by Gasteiger charge is -2.35. The largest absolute Gasteiger partial charge is 0.511 e. The maximum absolute atomic E-state index is 12.7. The number of hydrogen-bond donors (Lipinski definition) is 3. The highest BCUT2D eigenvalue weighted by Gasteiger charge is 2.40. The zero-order valence-electron chi connectivity index (χ0n) is 12.7. The number of carbonyl (C=O) groups excluding carboxylic acids is 2. The molecule has 1 aliphatic rings. The fourth-order valence-corrected chi connectivity index (χ4v) is 2.39. The number of carbonyl (C=O) groups is 2. The molecule has 114 valence electrons. The number of amides is 3. The molecule has 1 aliphatic heterocycles. The highest BCUT2D eigenvalue weighted by molar-refractivity contribution is 5.88. The highest BCUT2D eigenvalue weighted by Crippen LogP contribution is 2.27. The molecular weight excluding hydrogens is 258 g/mol. The minimum absolute atomic E-state index is 0.00320. The van der Waals surface area contributed by atoms with Crippen LogP contribution in [0.5, 0.6) is 0 Å². The van der Waals surface area contributed by atoms with Crippen LogP contribution in [-0.4, -0.2) is 47.6 Å². The van der Waals surface area contributed by atoms with Crippen molar-refractivity contribution in [2.24, 2.45) is 5.41 Å². The Balaban J connectivity index is 2.93. The first-order chi connectivity index (χ1) is 9.18. The zero-order chi connectivity index (χ0) is 15.5. The van der Waals surface area contributed by atoms with Gasteiger partial charge in [-0.3, -0.25) is 4.79 Å². The Bertz CT molecular complexity index is 401. The molecule has 0 aliphatic carbocycles. The molecule has 0 aromatic rings. The van der Waals surface area contributed by atoms with E-state index in [9.17, 15) is 14.7 Å². The van der Waals surface area contributed by atoms with Crippen LogP contribution in [0.4, 0.5) is 4.79 Å². The molecule has 1 fully saturated rings. The minimum Gasteiger partial charge on any atom is -0.511 e. The predicted molar refractivity (Wildman–Crippen MR) is 77.3 cm³/mol. The van der Waals surface area contributed by atoms with Crippen molar-refractivity contribution in [2.75, 3.05) is 13.6 Å². The van der Waals surface area contributed by atoms with E-state index in [1.54, 1.807) is 4.90 Å². The van der Waals surface area contributed by atoms with Crippen LogP contribution in [0.3, 0.4) is 0 Å². The van der Waals surface area contributed by atoms with Gasteiger partial charge in [0.05, 0.1) is 6.04 Å². The van der Waals surface area contributed by atoms with Crippen LogP contribution >= 0.6 is 0 Å². The van der Waals surface area contributed by atoms with Crippen LogP contribution in [0, 0.1) is 5.41 Å². The van der Waals surface area contributed by atoms with E-state index in [0.717, 1.165) is 6.42 Å². The van der Waals surface area contributed by atoms with E-state index in [1.165, 1.54) is 7.05 Å². The van der Waals surface area contributed by atoms with Crippen molar-refractivity contribution < 1.29 is 14.7 Å². The lowest BCUT2D eigenvalue weighted by atomic mass is 9.85. The molecule has 3 N–H and O–H groups in total. The molecule has 3 amide bonds. The molecule has 6 nitrogen and oxygen atoms in total. The summed E-state index contributed by atoms with van der Waals surface area (Å²) in [7, 11) is 1.51. The van der Waals surface area contributed by atoms with Gasteiger partial charge < -0.3 is 20.6 Å². The number of nitrogens with one attached hydrogen (secondary N) is 2. The van der Waals surface area contributed by atoms with Crippen molar-refractivity contribution in [3.8, 4) is 0 Å². The molecule has 2 atom stereocenters. The fourth-order valence-electron chi connectivity index (χ4n) is 2.39. The van der Waals surface area contributed by atoms with Crippen LogP contribution in [0.2, 0.25) is 0 Å². The molecule has 0 bridgehead atoms. The lowest BCUT2D eigenvalue weighted by molar-refractivity contribution is -0.136. The third-order valence-electron chi connectivity index (χ3n) is 3.54. The maximum atomic E-state index is 12.7. The Morgan fingerprint density at radius 1 is 1.40 bits per heavy atom. The van der Waals surface area contributed by atoms with E-state index in [1.807, 2.05) is 20.8 Å². The lowest BCUT2D eigenvalue weighted by Crippen LogP contribution is -2.57. The quantitative estimate of drug-likeness (QED) is 0.685. The Morgan fingerprint density at radius 2 is 2.00 bits per heavy atom. The molecule has 0 radical (unpaired) electrons. The smallest absolute Gasteiger partial charge is 0.315 e. The average Bonchev–Trinajstić information content (AvgIpc) is 2.82. The molecule has 0 aromatic heterocycles. The molecule has 0 spiro atoms. The Hall–Kier alpha value is -1.72. The van der Waals surface area contributed by atoms with Crippen LogP contribution in [0.25, 0.3) is 0 Å². The molecule has 0 saturated carbocycles. The normalized spacial score (nSPS) is 20.4. The summed E-state index contributed by atoms with van der Waals surface area (Å²) in [5, 5.41) is 14.7. The number of urea groups is 1. The second kappa shape index (κ2) is 6.15. The van der Waals surface area contributed by atoms with E-state index < -0.39 is 17.5 Å². The fraction of sp³-hybridized carbons (Fsp3) is 0.714. The minimum atomic E-state index is -0.651. The first kappa shape index (κ1) is 16.3. The summed E-state index contributed by atoms with van der Waals surface area (Å²) < 4.78 is 0. The number of rotatable bonds is 3. The molecule has 20 heavy (non-hydrogen) atoms. The van der Waals surface area contributed by atoms with E-state index in [-0.39, 0.29) is 17.7 Å². The van der Waals surface area contributed by atoms with Gasteiger partial charge in [-0.2, -0.15) is 0 Å². The van der Waals surface area contributed by atoms with Gasteiger partial charge in [-0.1, -0.05) is 27.4 Å². The van der Waals surface area contributed by atoms with Crippen molar-refractivity contribution in [3.05, 3.63) is 12.3 Å². The Kier molecular flexibility index (Phi) is 5.03. The number of aliphatic hydroxyl groups is 1. The molecule has 0 unspecified atom stereocenters. The average molecular weight is 283 g/mol. The summed E-state index contributed by atoms with van der Waals surface area (Å²) in [4.78, 5) is 25.8. The summed E-state index contributed by atoms with van der Waals surface area (Å²) in [5.41, 5.74) is -0.423. The van der Waals surface area contributed by atoms with Crippen LogP contribution in [0.15, 0.2) is 12.3 Å². The van der Waals surface area contributed by atoms with E-state index in [2.05, 4.69) is 17.2 Å². The van der Waals surface area contributed by atoms with Crippen molar-refractivity contribution in [2.45, 2.75) is 45.7 Å². The molecule has 1 heterocycles. The van der Waals surface area contributed by atoms with Gasteiger partial charge in [0.25, 0.3) is 0 Å². The third-order valence-corrected chi connectivity index (χ3v) is 3.54. The van der Waals surface area contributed by atoms with Crippen molar-refractivity contribution >= 4 is 11.9 Å². The van der Waals surface area contributed by atoms with Crippen LogP contribution in [0.1, 0.15) is 33.6 Å². The number of likely N-dealkylation sites (tertiary alicyclic amines) is 1. The summed E-state index contributed by atoms with van der Waals surface area (Å²) in [6.45, 7) is 9.78.